The first-order valence-corrected chi connectivity index (χ1v) is 11.8. The monoisotopic (exact) mass is 536 g/mol. The first-order chi connectivity index (χ1) is 18.2. The van der Waals surface area contributed by atoms with Crippen LogP contribution in [0.15, 0.2) is 64.0 Å². The Morgan fingerprint density at radius 3 is 2.13 bits per heavy atom. The highest BCUT2D eigenvalue weighted by atomic mass is 35.5. The Hall–Kier alpha value is -4.43. The van der Waals surface area contributed by atoms with Crippen LogP contribution in [-0.2, 0) is 4.79 Å². The van der Waals surface area contributed by atoms with Crippen LogP contribution in [0.5, 0.6) is 34.5 Å². The van der Waals surface area contributed by atoms with Crippen molar-refractivity contribution in [3.63, 3.8) is 0 Å². The molecule has 0 aliphatic heterocycles. The number of halogens is 1. The van der Waals surface area contributed by atoms with Crippen molar-refractivity contribution in [2.75, 3.05) is 21.3 Å². The normalized spacial score (nSPS) is 11.0. The standard InChI is InChI=1S/C29H25ClO8/c1-16-10-20(11-17(2)27(16)30)37-25-15-36-22-14-19(7-8-21(22)28(25)32)38-26(31)9-6-18-12-23(33-3)29(35-5)24(13-18)34-4/h6-15H,1-5H3. The number of hydrogen-bond donors (Lipinski definition) is 0. The zero-order valence-corrected chi connectivity index (χ0v) is 22.2. The fourth-order valence-corrected chi connectivity index (χ4v) is 3.94. The van der Waals surface area contributed by atoms with Crippen molar-refractivity contribution in [3.05, 3.63) is 86.7 Å². The second-order valence-electron chi connectivity index (χ2n) is 8.27. The van der Waals surface area contributed by atoms with Gasteiger partial charge in [-0.05, 0) is 73.0 Å². The summed E-state index contributed by atoms with van der Waals surface area (Å²) in [6.45, 7) is 3.71. The molecule has 4 aromatic rings. The van der Waals surface area contributed by atoms with E-state index in [0.717, 1.165) is 11.1 Å². The lowest BCUT2D eigenvalue weighted by Gasteiger charge is -2.12. The number of esters is 1. The van der Waals surface area contributed by atoms with Gasteiger partial charge in [0.05, 0.1) is 26.7 Å². The number of carbonyl (C=O) groups excluding carboxylic acids is 1. The molecule has 4 rings (SSSR count). The van der Waals surface area contributed by atoms with E-state index in [9.17, 15) is 9.59 Å². The van der Waals surface area contributed by atoms with Gasteiger partial charge in [0, 0.05) is 17.2 Å². The largest absolute Gasteiger partial charge is 0.493 e. The van der Waals surface area contributed by atoms with E-state index in [-0.39, 0.29) is 27.9 Å². The van der Waals surface area contributed by atoms with Crippen molar-refractivity contribution in [1.29, 1.82) is 0 Å². The number of aryl methyl sites for hydroxylation is 2. The predicted octanol–water partition coefficient (Wildman–Crippen LogP) is 6.50. The second kappa shape index (κ2) is 11.3. The van der Waals surface area contributed by atoms with E-state index in [1.54, 1.807) is 30.3 Å². The Labute approximate surface area is 223 Å². The third-order valence-electron chi connectivity index (χ3n) is 5.67. The average molecular weight is 537 g/mol. The number of carbonyl (C=O) groups is 1. The van der Waals surface area contributed by atoms with Gasteiger partial charge in [0.1, 0.15) is 23.3 Å². The minimum atomic E-state index is -0.631. The molecule has 9 heteroatoms. The predicted molar refractivity (Wildman–Crippen MR) is 144 cm³/mol. The maximum atomic E-state index is 13.0. The van der Waals surface area contributed by atoms with E-state index >= 15 is 0 Å². The maximum absolute atomic E-state index is 13.0. The Bertz CT molecular complexity index is 1550. The van der Waals surface area contributed by atoms with Gasteiger partial charge < -0.3 is 28.1 Å². The topological polar surface area (TPSA) is 93.4 Å². The van der Waals surface area contributed by atoms with E-state index in [0.29, 0.717) is 33.6 Å². The first kappa shape index (κ1) is 26.6. The smallest absolute Gasteiger partial charge is 0.336 e. The van der Waals surface area contributed by atoms with E-state index in [4.69, 9.17) is 39.7 Å². The summed E-state index contributed by atoms with van der Waals surface area (Å²) in [4.78, 5) is 25.4. The average Bonchev–Trinajstić information content (AvgIpc) is 2.91. The quantitative estimate of drug-likeness (QED) is 0.143. The fourth-order valence-electron chi connectivity index (χ4n) is 3.83. The van der Waals surface area contributed by atoms with Crippen LogP contribution in [0, 0.1) is 13.8 Å². The molecule has 196 valence electrons. The van der Waals surface area contributed by atoms with Crippen LogP contribution in [0.25, 0.3) is 17.0 Å². The SMILES string of the molecule is COc1cc(C=CC(=O)Oc2ccc3c(=O)c(Oc4cc(C)c(Cl)c(C)c4)coc3c2)cc(OC)c1OC. The van der Waals surface area contributed by atoms with E-state index in [1.165, 1.54) is 51.9 Å². The molecular formula is C29H25ClO8. The van der Waals surface area contributed by atoms with E-state index < -0.39 is 5.97 Å². The molecule has 0 aliphatic rings. The van der Waals surface area contributed by atoms with Crippen molar-refractivity contribution in [3.8, 4) is 34.5 Å². The number of rotatable bonds is 8. The molecule has 0 bridgehead atoms. The highest BCUT2D eigenvalue weighted by Crippen LogP contribution is 2.38. The highest BCUT2D eigenvalue weighted by molar-refractivity contribution is 6.32. The molecule has 0 radical (unpaired) electrons. The summed E-state index contributed by atoms with van der Waals surface area (Å²) in [6, 6.07) is 11.4. The van der Waals surface area contributed by atoms with Crippen LogP contribution in [0.4, 0.5) is 0 Å². The van der Waals surface area contributed by atoms with Gasteiger partial charge in [-0.3, -0.25) is 4.79 Å². The van der Waals surface area contributed by atoms with Gasteiger partial charge in [0.15, 0.2) is 11.5 Å². The first-order valence-electron chi connectivity index (χ1n) is 11.4. The minimum Gasteiger partial charge on any atom is -0.493 e. The number of benzene rings is 3. The van der Waals surface area contributed by atoms with Crippen LogP contribution in [0.1, 0.15) is 16.7 Å². The molecule has 0 unspecified atom stereocenters. The van der Waals surface area contributed by atoms with Gasteiger partial charge in [-0.25, -0.2) is 4.79 Å². The minimum absolute atomic E-state index is 0.0247. The van der Waals surface area contributed by atoms with Crippen LogP contribution in [0.3, 0.4) is 0 Å². The summed E-state index contributed by atoms with van der Waals surface area (Å²) < 4.78 is 32.7. The summed E-state index contributed by atoms with van der Waals surface area (Å²) in [5.74, 6) is 1.42. The summed E-state index contributed by atoms with van der Waals surface area (Å²) in [5.41, 5.74) is 2.18. The molecule has 0 atom stereocenters. The van der Waals surface area contributed by atoms with Crippen molar-refractivity contribution in [1.82, 2.24) is 0 Å². The molecule has 0 aliphatic carbocycles. The van der Waals surface area contributed by atoms with Crippen molar-refractivity contribution in [2.24, 2.45) is 0 Å². The Balaban J connectivity index is 1.52. The lowest BCUT2D eigenvalue weighted by atomic mass is 10.1. The second-order valence-corrected chi connectivity index (χ2v) is 8.65. The molecule has 0 saturated carbocycles. The van der Waals surface area contributed by atoms with Crippen molar-refractivity contribution in [2.45, 2.75) is 13.8 Å². The summed E-state index contributed by atoms with van der Waals surface area (Å²) >= 11 is 6.21. The maximum Gasteiger partial charge on any atom is 0.336 e. The van der Waals surface area contributed by atoms with Gasteiger partial charge >= 0.3 is 5.97 Å². The molecule has 8 nitrogen and oxygen atoms in total. The molecular weight excluding hydrogens is 512 g/mol. The van der Waals surface area contributed by atoms with Crippen molar-refractivity contribution < 1.29 is 32.9 Å². The Morgan fingerprint density at radius 1 is 0.868 bits per heavy atom. The van der Waals surface area contributed by atoms with Gasteiger partial charge in [-0.1, -0.05) is 11.6 Å². The lowest BCUT2D eigenvalue weighted by Crippen LogP contribution is -2.07. The van der Waals surface area contributed by atoms with Crippen molar-refractivity contribution >= 4 is 34.6 Å². The molecule has 3 aromatic carbocycles. The number of methoxy groups -OCH3 is 3. The van der Waals surface area contributed by atoms with Gasteiger partial charge in [0.2, 0.25) is 16.9 Å². The van der Waals surface area contributed by atoms with Crippen LogP contribution in [-0.4, -0.2) is 27.3 Å². The van der Waals surface area contributed by atoms with Gasteiger partial charge in [-0.15, -0.1) is 0 Å². The molecule has 0 fully saturated rings. The molecule has 0 spiro atoms. The number of hydrogen-bond acceptors (Lipinski definition) is 8. The van der Waals surface area contributed by atoms with Crippen LogP contribution < -0.4 is 29.1 Å². The number of ether oxygens (including phenoxy) is 5. The number of fused-ring (bicyclic) bond motifs is 1. The molecule has 38 heavy (non-hydrogen) atoms. The van der Waals surface area contributed by atoms with Crippen LogP contribution in [0.2, 0.25) is 5.02 Å². The van der Waals surface area contributed by atoms with Crippen LogP contribution >= 0.6 is 11.6 Å². The zero-order valence-electron chi connectivity index (χ0n) is 21.4. The van der Waals surface area contributed by atoms with E-state index in [2.05, 4.69) is 0 Å². The molecule has 0 saturated heterocycles. The highest BCUT2D eigenvalue weighted by Gasteiger charge is 2.14. The molecule has 1 aromatic heterocycles. The Morgan fingerprint density at radius 2 is 1.53 bits per heavy atom. The third kappa shape index (κ3) is 5.60. The van der Waals surface area contributed by atoms with Gasteiger partial charge in [0.25, 0.3) is 0 Å². The van der Waals surface area contributed by atoms with Gasteiger partial charge in [-0.2, -0.15) is 0 Å². The fraction of sp³-hybridized carbons (Fsp3) is 0.172. The molecule has 0 amide bonds. The summed E-state index contributed by atoms with van der Waals surface area (Å²) in [6.07, 6.45) is 4.03. The van der Waals surface area contributed by atoms with E-state index in [1.807, 2.05) is 13.8 Å². The molecule has 1 heterocycles. The third-order valence-corrected chi connectivity index (χ3v) is 6.27. The molecule has 0 N–H and O–H groups in total. The Kier molecular flexibility index (Phi) is 7.93. The summed E-state index contributed by atoms with van der Waals surface area (Å²) in [5, 5.41) is 0.918. The summed E-state index contributed by atoms with van der Waals surface area (Å²) in [7, 11) is 4.52. The zero-order chi connectivity index (χ0) is 27.4. The lowest BCUT2D eigenvalue weighted by molar-refractivity contribution is -0.128.